The Balaban J connectivity index is 1.73. The Bertz CT molecular complexity index is 672. The molecule has 0 radical (unpaired) electrons. The third-order valence-electron chi connectivity index (χ3n) is 3.18. The predicted molar refractivity (Wildman–Crippen MR) is 84.4 cm³/mol. The number of rotatable bonds is 4. The minimum atomic E-state index is -1.02. The standard InChI is InChI=1S/C16H15ClO3S/c17-14-5-1-3-12(9-14)10-21(18)11-13-4-2-6-15-16(13)20-8-7-19-15/h1-6,9H,7-8,10-11H2. The van der Waals surface area contributed by atoms with Gasteiger partial charge in [-0.3, -0.25) is 4.21 Å². The van der Waals surface area contributed by atoms with Gasteiger partial charge >= 0.3 is 0 Å². The molecule has 1 unspecified atom stereocenters. The van der Waals surface area contributed by atoms with Crippen LogP contribution in [0.1, 0.15) is 11.1 Å². The van der Waals surface area contributed by atoms with E-state index in [1.165, 1.54) is 0 Å². The van der Waals surface area contributed by atoms with Crippen molar-refractivity contribution in [3.63, 3.8) is 0 Å². The lowest BCUT2D eigenvalue weighted by atomic mass is 10.2. The van der Waals surface area contributed by atoms with E-state index < -0.39 is 10.8 Å². The molecule has 0 saturated carbocycles. The molecule has 2 aromatic rings. The molecule has 1 aliphatic rings. The fraction of sp³-hybridized carbons (Fsp3) is 0.250. The Morgan fingerprint density at radius 1 is 1.05 bits per heavy atom. The van der Waals surface area contributed by atoms with Gasteiger partial charge in [0.1, 0.15) is 13.2 Å². The fourth-order valence-corrected chi connectivity index (χ4v) is 3.73. The van der Waals surface area contributed by atoms with Crippen LogP contribution in [0, 0.1) is 0 Å². The van der Waals surface area contributed by atoms with Crippen LogP contribution in [-0.4, -0.2) is 17.4 Å². The molecule has 1 heterocycles. The first kappa shape index (κ1) is 14.4. The van der Waals surface area contributed by atoms with E-state index in [0.717, 1.165) is 22.6 Å². The number of benzene rings is 2. The van der Waals surface area contributed by atoms with Gasteiger partial charge in [-0.2, -0.15) is 0 Å². The van der Waals surface area contributed by atoms with Gasteiger partial charge in [0.05, 0.1) is 5.75 Å². The van der Waals surface area contributed by atoms with Crippen LogP contribution in [0.15, 0.2) is 42.5 Å². The molecule has 0 amide bonds. The van der Waals surface area contributed by atoms with Gasteiger partial charge in [-0.1, -0.05) is 35.9 Å². The summed E-state index contributed by atoms with van der Waals surface area (Å²) in [5.74, 6) is 2.38. The molecule has 1 atom stereocenters. The first-order valence-corrected chi connectivity index (χ1v) is 8.56. The number of halogens is 1. The van der Waals surface area contributed by atoms with E-state index in [1.54, 1.807) is 0 Å². The highest BCUT2D eigenvalue weighted by atomic mass is 35.5. The molecule has 0 saturated heterocycles. The Morgan fingerprint density at radius 3 is 2.71 bits per heavy atom. The Kier molecular flexibility index (Phi) is 4.46. The third kappa shape index (κ3) is 3.57. The lowest BCUT2D eigenvalue weighted by Gasteiger charge is -2.20. The molecule has 2 aromatic carbocycles. The van der Waals surface area contributed by atoms with Gasteiger partial charge in [0.15, 0.2) is 11.5 Å². The van der Waals surface area contributed by atoms with Gasteiger partial charge in [-0.05, 0) is 23.8 Å². The molecule has 3 nitrogen and oxygen atoms in total. The monoisotopic (exact) mass is 322 g/mol. The molecule has 110 valence electrons. The normalized spacial score (nSPS) is 14.7. The quantitative estimate of drug-likeness (QED) is 0.863. The molecule has 3 rings (SSSR count). The van der Waals surface area contributed by atoms with Crippen molar-refractivity contribution < 1.29 is 13.7 Å². The van der Waals surface area contributed by atoms with Crippen molar-refractivity contribution >= 4 is 22.4 Å². The largest absolute Gasteiger partial charge is 0.486 e. The summed E-state index contributed by atoms with van der Waals surface area (Å²) in [5.41, 5.74) is 1.90. The number of fused-ring (bicyclic) bond motifs is 1. The minimum absolute atomic E-state index is 0.443. The van der Waals surface area contributed by atoms with Gasteiger partial charge in [-0.25, -0.2) is 0 Å². The highest BCUT2D eigenvalue weighted by molar-refractivity contribution is 7.83. The maximum Gasteiger partial charge on any atom is 0.165 e. The average Bonchev–Trinajstić information content (AvgIpc) is 2.47. The summed E-state index contributed by atoms with van der Waals surface area (Å²) in [6.07, 6.45) is 0. The van der Waals surface area contributed by atoms with Gasteiger partial charge in [0.2, 0.25) is 0 Å². The Hall–Kier alpha value is -1.52. The first-order valence-electron chi connectivity index (χ1n) is 6.69. The van der Waals surface area contributed by atoms with E-state index in [0.29, 0.717) is 29.7 Å². The summed E-state index contributed by atoms with van der Waals surface area (Å²) >= 11 is 5.95. The Morgan fingerprint density at radius 2 is 1.86 bits per heavy atom. The highest BCUT2D eigenvalue weighted by Gasteiger charge is 2.17. The van der Waals surface area contributed by atoms with Crippen molar-refractivity contribution in [1.29, 1.82) is 0 Å². The number of ether oxygens (including phenoxy) is 2. The van der Waals surface area contributed by atoms with E-state index in [1.807, 2.05) is 42.5 Å². The molecular formula is C16H15ClO3S. The molecule has 0 bridgehead atoms. The third-order valence-corrected chi connectivity index (χ3v) is 4.70. The summed E-state index contributed by atoms with van der Waals surface area (Å²) in [6.45, 7) is 1.09. The lowest BCUT2D eigenvalue weighted by Crippen LogP contribution is -2.17. The molecular weight excluding hydrogens is 308 g/mol. The van der Waals surface area contributed by atoms with Crippen molar-refractivity contribution in [2.75, 3.05) is 13.2 Å². The summed E-state index contributed by atoms with van der Waals surface area (Å²) < 4.78 is 23.5. The van der Waals surface area contributed by atoms with Gasteiger partial charge in [0, 0.05) is 27.1 Å². The second-order valence-corrected chi connectivity index (χ2v) is 6.69. The average molecular weight is 323 g/mol. The summed E-state index contributed by atoms with van der Waals surface area (Å²) in [5, 5.41) is 0.665. The van der Waals surface area contributed by atoms with Crippen molar-refractivity contribution in [1.82, 2.24) is 0 Å². The smallest absolute Gasteiger partial charge is 0.165 e. The topological polar surface area (TPSA) is 35.5 Å². The molecule has 0 fully saturated rings. The van der Waals surface area contributed by atoms with E-state index in [9.17, 15) is 4.21 Å². The van der Waals surface area contributed by atoms with Crippen LogP contribution >= 0.6 is 11.6 Å². The van der Waals surface area contributed by atoms with E-state index >= 15 is 0 Å². The van der Waals surface area contributed by atoms with Crippen LogP contribution in [0.3, 0.4) is 0 Å². The van der Waals surface area contributed by atoms with Crippen LogP contribution in [0.4, 0.5) is 0 Å². The van der Waals surface area contributed by atoms with Gasteiger partial charge < -0.3 is 9.47 Å². The zero-order valence-electron chi connectivity index (χ0n) is 11.4. The second-order valence-electron chi connectivity index (χ2n) is 4.80. The molecule has 0 N–H and O–H groups in total. The zero-order valence-corrected chi connectivity index (χ0v) is 13.0. The van der Waals surface area contributed by atoms with E-state index in [-0.39, 0.29) is 0 Å². The molecule has 0 aromatic heterocycles. The van der Waals surface area contributed by atoms with E-state index in [2.05, 4.69) is 0 Å². The Labute approximate surface area is 131 Å². The predicted octanol–water partition coefficient (Wildman–Crippen LogP) is 3.56. The van der Waals surface area contributed by atoms with Crippen LogP contribution in [-0.2, 0) is 22.3 Å². The van der Waals surface area contributed by atoms with Crippen molar-refractivity contribution in [3.8, 4) is 11.5 Å². The minimum Gasteiger partial charge on any atom is -0.486 e. The first-order chi connectivity index (χ1) is 10.2. The van der Waals surface area contributed by atoms with Crippen LogP contribution in [0.2, 0.25) is 5.02 Å². The highest BCUT2D eigenvalue weighted by Crippen LogP contribution is 2.34. The van der Waals surface area contributed by atoms with Crippen molar-refractivity contribution in [2.24, 2.45) is 0 Å². The van der Waals surface area contributed by atoms with Crippen LogP contribution in [0.5, 0.6) is 11.5 Å². The van der Waals surface area contributed by atoms with E-state index in [4.69, 9.17) is 21.1 Å². The number of para-hydroxylation sites is 1. The molecule has 5 heteroatoms. The maximum absolute atomic E-state index is 12.4. The molecule has 1 aliphatic heterocycles. The van der Waals surface area contributed by atoms with Crippen molar-refractivity contribution in [2.45, 2.75) is 11.5 Å². The van der Waals surface area contributed by atoms with Gasteiger partial charge in [-0.15, -0.1) is 0 Å². The number of hydrogen-bond acceptors (Lipinski definition) is 3. The molecule has 0 spiro atoms. The summed E-state index contributed by atoms with van der Waals surface area (Å²) in [4.78, 5) is 0. The summed E-state index contributed by atoms with van der Waals surface area (Å²) in [7, 11) is -1.02. The maximum atomic E-state index is 12.4. The zero-order chi connectivity index (χ0) is 14.7. The van der Waals surface area contributed by atoms with Crippen LogP contribution < -0.4 is 9.47 Å². The molecule has 0 aliphatic carbocycles. The number of hydrogen-bond donors (Lipinski definition) is 0. The second kappa shape index (κ2) is 6.50. The van der Waals surface area contributed by atoms with Crippen molar-refractivity contribution in [3.05, 3.63) is 58.6 Å². The lowest BCUT2D eigenvalue weighted by molar-refractivity contribution is 0.170. The summed E-state index contributed by atoms with van der Waals surface area (Å²) in [6, 6.07) is 13.2. The SMILES string of the molecule is O=S(Cc1cccc(Cl)c1)Cc1cccc2c1OCCO2. The molecule has 21 heavy (non-hydrogen) atoms. The van der Waals surface area contributed by atoms with Crippen LogP contribution in [0.25, 0.3) is 0 Å². The van der Waals surface area contributed by atoms with Gasteiger partial charge in [0.25, 0.3) is 0 Å². The fourth-order valence-electron chi connectivity index (χ4n) is 2.28.